The lowest BCUT2D eigenvalue weighted by Crippen LogP contribution is -2.40. The van der Waals surface area contributed by atoms with Crippen molar-refractivity contribution in [2.75, 3.05) is 6.54 Å². The van der Waals surface area contributed by atoms with Gasteiger partial charge in [0.1, 0.15) is 6.10 Å². The van der Waals surface area contributed by atoms with Gasteiger partial charge in [-0.3, -0.25) is 4.79 Å². The van der Waals surface area contributed by atoms with Crippen molar-refractivity contribution in [2.24, 2.45) is 5.73 Å². The van der Waals surface area contributed by atoms with Gasteiger partial charge in [0.25, 0.3) is 0 Å². The van der Waals surface area contributed by atoms with Crippen LogP contribution in [0.3, 0.4) is 0 Å². The van der Waals surface area contributed by atoms with Crippen LogP contribution in [0, 0.1) is 6.92 Å². The van der Waals surface area contributed by atoms with E-state index in [0.29, 0.717) is 10.0 Å². The summed E-state index contributed by atoms with van der Waals surface area (Å²) in [7, 11) is -3.79. The minimum atomic E-state index is -3.79. The maximum absolute atomic E-state index is 11.9. The zero-order valence-corrected chi connectivity index (χ0v) is 12.0. The number of primary amides is 1. The summed E-state index contributed by atoms with van der Waals surface area (Å²) in [4.78, 5) is 10.7. The second-order valence-electron chi connectivity index (χ2n) is 3.68. The summed E-state index contributed by atoms with van der Waals surface area (Å²) in [5, 5.41) is 9.15. The zero-order chi connectivity index (χ0) is 13.9. The highest BCUT2D eigenvalue weighted by Crippen LogP contribution is 2.20. The first-order valence-electron chi connectivity index (χ1n) is 4.97. The number of benzene rings is 1. The fourth-order valence-corrected chi connectivity index (χ4v) is 3.05. The topological polar surface area (TPSA) is 109 Å². The van der Waals surface area contributed by atoms with Crippen molar-refractivity contribution < 1.29 is 18.3 Å². The first-order chi connectivity index (χ1) is 8.24. The molecule has 1 rings (SSSR count). The van der Waals surface area contributed by atoms with Gasteiger partial charge in [-0.15, -0.1) is 0 Å². The van der Waals surface area contributed by atoms with Crippen LogP contribution in [-0.2, 0) is 14.8 Å². The number of aliphatic hydroxyl groups excluding tert-OH is 1. The van der Waals surface area contributed by atoms with E-state index in [1.54, 1.807) is 19.1 Å². The summed E-state index contributed by atoms with van der Waals surface area (Å²) < 4.78 is 26.6. The molecular weight excluding hydrogens is 324 g/mol. The van der Waals surface area contributed by atoms with E-state index in [0.717, 1.165) is 0 Å². The number of halogens is 1. The minimum absolute atomic E-state index is 0.0774. The largest absolute Gasteiger partial charge is 0.382 e. The van der Waals surface area contributed by atoms with Crippen molar-refractivity contribution >= 4 is 31.9 Å². The van der Waals surface area contributed by atoms with E-state index in [1.807, 2.05) is 0 Å². The number of carbonyl (C=O) groups excluding carboxylic acids is 1. The Morgan fingerprint density at radius 1 is 1.56 bits per heavy atom. The Morgan fingerprint density at radius 2 is 2.17 bits per heavy atom. The molecule has 0 heterocycles. The van der Waals surface area contributed by atoms with E-state index in [9.17, 15) is 13.2 Å². The molecule has 18 heavy (non-hydrogen) atoms. The number of aliphatic hydroxyl groups is 1. The molecule has 4 N–H and O–H groups in total. The van der Waals surface area contributed by atoms with Gasteiger partial charge in [-0.25, -0.2) is 13.1 Å². The molecule has 1 amide bonds. The standard InChI is InChI=1S/C10H13BrN2O4S/c1-6-2-3-7(11)4-9(6)18(16,17)13-5-8(14)10(12)15/h2-4,8,13-14H,5H2,1H3,(H2,12,15). The molecule has 0 saturated carbocycles. The van der Waals surface area contributed by atoms with Crippen molar-refractivity contribution in [3.05, 3.63) is 28.2 Å². The molecule has 0 radical (unpaired) electrons. The Bertz CT molecular complexity index is 559. The van der Waals surface area contributed by atoms with Gasteiger partial charge < -0.3 is 10.8 Å². The summed E-state index contributed by atoms with van der Waals surface area (Å²) in [6.07, 6.45) is -1.55. The third kappa shape index (κ3) is 3.77. The summed E-state index contributed by atoms with van der Waals surface area (Å²) in [6, 6.07) is 4.80. The number of sulfonamides is 1. The first-order valence-corrected chi connectivity index (χ1v) is 7.25. The highest BCUT2D eigenvalue weighted by atomic mass is 79.9. The van der Waals surface area contributed by atoms with Crippen molar-refractivity contribution in [2.45, 2.75) is 17.9 Å². The number of hydrogen-bond donors (Lipinski definition) is 3. The van der Waals surface area contributed by atoms with Gasteiger partial charge in [0.05, 0.1) is 4.90 Å². The quantitative estimate of drug-likeness (QED) is 0.696. The average Bonchev–Trinajstić information content (AvgIpc) is 2.29. The second kappa shape index (κ2) is 5.79. The number of nitrogens with two attached hydrogens (primary N) is 1. The van der Waals surface area contributed by atoms with E-state index in [-0.39, 0.29) is 4.90 Å². The predicted molar refractivity (Wildman–Crippen MR) is 69.3 cm³/mol. The zero-order valence-electron chi connectivity index (χ0n) is 9.55. The first kappa shape index (κ1) is 15.1. The van der Waals surface area contributed by atoms with Crippen molar-refractivity contribution in [3.8, 4) is 0 Å². The molecule has 0 fully saturated rings. The second-order valence-corrected chi connectivity index (χ2v) is 6.33. The summed E-state index contributed by atoms with van der Waals surface area (Å²) in [6.45, 7) is 1.19. The third-order valence-electron chi connectivity index (χ3n) is 2.23. The van der Waals surface area contributed by atoms with Crippen molar-refractivity contribution in [1.82, 2.24) is 4.72 Å². The van der Waals surface area contributed by atoms with E-state index in [1.165, 1.54) is 6.07 Å². The van der Waals surface area contributed by atoms with Crippen LogP contribution >= 0.6 is 15.9 Å². The SMILES string of the molecule is Cc1ccc(Br)cc1S(=O)(=O)NCC(O)C(N)=O. The molecule has 1 atom stereocenters. The highest BCUT2D eigenvalue weighted by molar-refractivity contribution is 9.10. The molecule has 0 spiro atoms. The molecule has 0 aliphatic rings. The van der Waals surface area contributed by atoms with Gasteiger partial charge in [0.2, 0.25) is 15.9 Å². The molecule has 0 bridgehead atoms. The van der Waals surface area contributed by atoms with Gasteiger partial charge >= 0.3 is 0 Å². The Morgan fingerprint density at radius 3 is 2.72 bits per heavy atom. The molecule has 8 heteroatoms. The molecule has 0 aliphatic heterocycles. The minimum Gasteiger partial charge on any atom is -0.382 e. The molecule has 1 aromatic rings. The molecule has 0 aromatic heterocycles. The third-order valence-corrected chi connectivity index (χ3v) is 4.29. The fourth-order valence-electron chi connectivity index (χ4n) is 1.23. The van der Waals surface area contributed by atoms with E-state index in [4.69, 9.17) is 10.8 Å². The fraction of sp³-hybridized carbons (Fsp3) is 0.300. The highest BCUT2D eigenvalue weighted by Gasteiger charge is 2.20. The van der Waals surface area contributed by atoms with Gasteiger partial charge in [0, 0.05) is 11.0 Å². The van der Waals surface area contributed by atoms with Crippen LogP contribution in [0.4, 0.5) is 0 Å². The number of hydrogen-bond acceptors (Lipinski definition) is 4. The smallest absolute Gasteiger partial charge is 0.247 e. The predicted octanol–water partition coefficient (Wildman–Crippen LogP) is -0.118. The van der Waals surface area contributed by atoms with Gasteiger partial charge in [-0.05, 0) is 24.6 Å². The van der Waals surface area contributed by atoms with Gasteiger partial charge in [-0.2, -0.15) is 0 Å². The Balaban J connectivity index is 2.93. The molecular formula is C10H13BrN2O4S. The Kier molecular flexibility index (Phi) is 4.85. The summed E-state index contributed by atoms with van der Waals surface area (Å²) in [5.74, 6) is -0.983. The van der Waals surface area contributed by atoms with Crippen LogP contribution in [0.2, 0.25) is 0 Å². The van der Waals surface area contributed by atoms with E-state index in [2.05, 4.69) is 20.7 Å². The Hall–Kier alpha value is -0.960. The van der Waals surface area contributed by atoms with E-state index >= 15 is 0 Å². The molecule has 1 unspecified atom stereocenters. The number of carbonyl (C=O) groups is 1. The molecule has 0 saturated heterocycles. The summed E-state index contributed by atoms with van der Waals surface area (Å²) in [5.41, 5.74) is 5.38. The van der Waals surface area contributed by atoms with Gasteiger partial charge in [0.15, 0.2) is 0 Å². The van der Waals surface area contributed by atoms with Crippen LogP contribution in [0.25, 0.3) is 0 Å². The maximum Gasteiger partial charge on any atom is 0.247 e. The molecule has 100 valence electrons. The maximum atomic E-state index is 11.9. The molecule has 0 aliphatic carbocycles. The molecule has 6 nitrogen and oxygen atoms in total. The monoisotopic (exact) mass is 336 g/mol. The molecule has 1 aromatic carbocycles. The lowest BCUT2D eigenvalue weighted by atomic mass is 10.2. The van der Waals surface area contributed by atoms with Crippen LogP contribution in [0.15, 0.2) is 27.6 Å². The lowest BCUT2D eigenvalue weighted by molar-refractivity contribution is -0.125. The number of rotatable bonds is 5. The average molecular weight is 337 g/mol. The van der Waals surface area contributed by atoms with Crippen molar-refractivity contribution in [3.63, 3.8) is 0 Å². The number of nitrogens with one attached hydrogen (secondary N) is 1. The van der Waals surface area contributed by atoms with E-state index < -0.39 is 28.6 Å². The van der Waals surface area contributed by atoms with Gasteiger partial charge in [-0.1, -0.05) is 22.0 Å². The van der Waals surface area contributed by atoms with Crippen LogP contribution in [-0.4, -0.2) is 32.1 Å². The van der Waals surface area contributed by atoms with Crippen molar-refractivity contribution in [1.29, 1.82) is 0 Å². The normalized spacial score (nSPS) is 13.3. The summed E-state index contributed by atoms with van der Waals surface area (Å²) >= 11 is 3.18. The van der Waals surface area contributed by atoms with Crippen LogP contribution in [0.1, 0.15) is 5.56 Å². The number of amides is 1. The Labute approximate surface area is 113 Å². The van der Waals surface area contributed by atoms with Crippen LogP contribution < -0.4 is 10.5 Å². The number of aryl methyl sites for hydroxylation is 1. The van der Waals surface area contributed by atoms with Crippen LogP contribution in [0.5, 0.6) is 0 Å². The lowest BCUT2D eigenvalue weighted by Gasteiger charge is -2.11.